The van der Waals surface area contributed by atoms with E-state index in [1.807, 2.05) is 47.4 Å². The van der Waals surface area contributed by atoms with E-state index in [1.165, 1.54) is 12.8 Å². The Kier molecular flexibility index (Phi) is 5.92. The highest BCUT2D eigenvalue weighted by Gasteiger charge is 2.40. The van der Waals surface area contributed by atoms with Gasteiger partial charge in [-0.3, -0.25) is 9.78 Å². The van der Waals surface area contributed by atoms with Crippen LogP contribution in [0.15, 0.2) is 67.0 Å². The maximum absolute atomic E-state index is 13.4. The number of phenols is 1. The monoisotopic (exact) mass is 490 g/mol. The maximum atomic E-state index is 13.4. The number of H-pyrrole nitrogens is 1. The molecule has 0 bridgehead atoms. The van der Waals surface area contributed by atoms with Crippen molar-refractivity contribution in [3.05, 3.63) is 72.6 Å². The van der Waals surface area contributed by atoms with Crippen LogP contribution in [0.4, 0.5) is 0 Å². The third kappa shape index (κ3) is 4.70. The Bertz CT molecular complexity index is 1470. The summed E-state index contributed by atoms with van der Waals surface area (Å²) in [5.41, 5.74) is 5.08. The number of rotatable bonds is 6. The Morgan fingerprint density at radius 2 is 1.92 bits per heavy atom. The molecule has 2 aromatic carbocycles. The molecule has 1 aliphatic carbocycles. The van der Waals surface area contributed by atoms with Crippen LogP contribution in [0, 0.1) is 22.7 Å². The van der Waals surface area contributed by atoms with Crippen LogP contribution in [0.3, 0.4) is 0 Å². The van der Waals surface area contributed by atoms with Crippen molar-refractivity contribution in [3.63, 3.8) is 0 Å². The smallest absolute Gasteiger partial charge is 0.227 e. The Morgan fingerprint density at radius 3 is 2.65 bits per heavy atom. The first-order valence-corrected chi connectivity index (χ1v) is 13.1. The molecule has 1 saturated heterocycles. The lowest BCUT2D eigenvalue weighted by molar-refractivity contribution is -0.132. The summed E-state index contributed by atoms with van der Waals surface area (Å²) in [4.78, 5) is 23.1. The number of pyridine rings is 1. The van der Waals surface area contributed by atoms with Crippen LogP contribution < -0.4 is 0 Å². The summed E-state index contributed by atoms with van der Waals surface area (Å²) in [6, 6.07) is 19.9. The van der Waals surface area contributed by atoms with E-state index in [4.69, 9.17) is 0 Å². The van der Waals surface area contributed by atoms with Gasteiger partial charge in [-0.05, 0) is 60.6 Å². The minimum atomic E-state index is -0.263. The zero-order valence-electron chi connectivity index (χ0n) is 20.8. The summed E-state index contributed by atoms with van der Waals surface area (Å²) in [6.07, 6.45) is 8.85. The molecule has 37 heavy (non-hydrogen) atoms. The number of hydrogen-bond acceptors (Lipinski definition) is 4. The molecule has 0 atom stereocenters. The molecular weight excluding hydrogens is 460 g/mol. The molecular formula is C31H30N4O2. The fraction of sp³-hybridized carbons (Fsp3) is 0.323. The standard InChI is InChI=1S/C31H30N4O2/c32-20-31(18-21-5-6-21)10-13-35(14-11-31)30(37)17-23-8-7-22(25-3-1-2-4-29(25)36)15-26(23)27-16-24-9-12-33-19-28(24)34-27/h1-4,7-9,12,15-16,19,21,34,36H,5-6,10-11,13-14,17-18H2. The first-order chi connectivity index (χ1) is 18.0. The molecule has 0 spiro atoms. The molecule has 6 nitrogen and oxygen atoms in total. The highest BCUT2D eigenvalue weighted by Crippen LogP contribution is 2.45. The first kappa shape index (κ1) is 23.3. The van der Waals surface area contributed by atoms with Gasteiger partial charge in [-0.1, -0.05) is 43.2 Å². The third-order valence-electron chi connectivity index (χ3n) is 8.07. The molecule has 0 radical (unpaired) electrons. The van der Waals surface area contributed by atoms with Crippen LogP contribution >= 0.6 is 0 Å². The van der Waals surface area contributed by atoms with Gasteiger partial charge < -0.3 is 15.0 Å². The second-order valence-electron chi connectivity index (χ2n) is 10.6. The number of hydrogen-bond donors (Lipinski definition) is 2. The molecule has 2 aliphatic rings. The van der Waals surface area contributed by atoms with Gasteiger partial charge in [0.25, 0.3) is 0 Å². The van der Waals surface area contributed by atoms with Crippen molar-refractivity contribution >= 4 is 16.8 Å². The third-order valence-corrected chi connectivity index (χ3v) is 8.07. The first-order valence-electron chi connectivity index (χ1n) is 13.1. The number of nitrogens with one attached hydrogen (secondary N) is 1. The van der Waals surface area contributed by atoms with Crippen molar-refractivity contribution in [2.45, 2.75) is 38.5 Å². The predicted molar refractivity (Wildman–Crippen MR) is 144 cm³/mol. The van der Waals surface area contributed by atoms with Gasteiger partial charge in [-0.2, -0.15) is 5.26 Å². The zero-order valence-corrected chi connectivity index (χ0v) is 20.8. The number of piperidine rings is 1. The van der Waals surface area contributed by atoms with Gasteiger partial charge in [0.2, 0.25) is 5.91 Å². The molecule has 1 aliphatic heterocycles. The highest BCUT2D eigenvalue weighted by atomic mass is 16.3. The van der Waals surface area contributed by atoms with Crippen LogP contribution in [-0.2, 0) is 11.2 Å². The average molecular weight is 491 g/mol. The SMILES string of the molecule is N#CC1(CC2CC2)CCN(C(=O)Cc2ccc(-c3ccccc3O)cc2-c2cc3ccncc3[nH]2)CC1. The number of phenolic OH excluding ortho intramolecular Hbond substituents is 1. The van der Waals surface area contributed by atoms with Crippen LogP contribution in [-0.4, -0.2) is 39.0 Å². The van der Waals surface area contributed by atoms with Crippen LogP contribution in [0.25, 0.3) is 33.3 Å². The largest absolute Gasteiger partial charge is 0.507 e. The van der Waals surface area contributed by atoms with Gasteiger partial charge in [-0.15, -0.1) is 0 Å². The van der Waals surface area contributed by atoms with E-state index < -0.39 is 0 Å². The number of amides is 1. The van der Waals surface area contributed by atoms with E-state index >= 15 is 0 Å². The minimum absolute atomic E-state index is 0.0901. The number of fused-ring (bicyclic) bond motifs is 1. The summed E-state index contributed by atoms with van der Waals surface area (Å²) in [7, 11) is 0. The fourth-order valence-corrected chi connectivity index (χ4v) is 5.68. The summed E-state index contributed by atoms with van der Waals surface area (Å²) in [5, 5.41) is 21.4. The molecule has 4 aromatic rings. The van der Waals surface area contributed by atoms with E-state index in [1.54, 1.807) is 18.5 Å². The van der Waals surface area contributed by atoms with Gasteiger partial charge in [-0.25, -0.2) is 0 Å². The molecule has 1 saturated carbocycles. The number of carbonyl (C=O) groups is 1. The molecule has 2 aromatic heterocycles. The molecule has 186 valence electrons. The van der Waals surface area contributed by atoms with Crippen molar-refractivity contribution in [3.8, 4) is 34.2 Å². The van der Waals surface area contributed by atoms with Crippen LogP contribution in [0.2, 0.25) is 0 Å². The second kappa shape index (κ2) is 9.40. The van der Waals surface area contributed by atoms with E-state index in [0.717, 1.165) is 58.1 Å². The Balaban J connectivity index is 1.29. The predicted octanol–water partition coefficient (Wildman–Crippen LogP) is 6.08. The average Bonchev–Trinajstić information content (AvgIpc) is 3.63. The summed E-state index contributed by atoms with van der Waals surface area (Å²) < 4.78 is 0. The van der Waals surface area contributed by atoms with E-state index in [2.05, 4.69) is 22.1 Å². The Hall–Kier alpha value is -4.11. The number of para-hydroxylation sites is 1. The molecule has 6 heteroatoms. The number of likely N-dealkylation sites (tertiary alicyclic amines) is 1. The number of benzene rings is 2. The number of aromatic hydroxyl groups is 1. The van der Waals surface area contributed by atoms with Gasteiger partial charge >= 0.3 is 0 Å². The van der Waals surface area contributed by atoms with Crippen molar-refractivity contribution in [1.82, 2.24) is 14.9 Å². The van der Waals surface area contributed by atoms with Gasteiger partial charge in [0, 0.05) is 41.5 Å². The van der Waals surface area contributed by atoms with Crippen molar-refractivity contribution < 1.29 is 9.90 Å². The Labute approximate surface area is 216 Å². The number of nitriles is 1. The maximum Gasteiger partial charge on any atom is 0.227 e. The number of nitrogens with zero attached hydrogens (tertiary/aromatic N) is 3. The van der Waals surface area contributed by atoms with E-state index in [9.17, 15) is 15.2 Å². The van der Waals surface area contributed by atoms with E-state index in [0.29, 0.717) is 19.0 Å². The van der Waals surface area contributed by atoms with Gasteiger partial charge in [0.05, 0.1) is 29.6 Å². The van der Waals surface area contributed by atoms with Gasteiger partial charge in [0.1, 0.15) is 5.75 Å². The molecule has 6 rings (SSSR count). The molecule has 2 N–H and O–H groups in total. The lowest BCUT2D eigenvalue weighted by atomic mass is 9.75. The van der Waals surface area contributed by atoms with Crippen LogP contribution in [0.5, 0.6) is 5.75 Å². The molecule has 3 heterocycles. The zero-order chi connectivity index (χ0) is 25.4. The topological polar surface area (TPSA) is 93.0 Å². The van der Waals surface area contributed by atoms with Crippen molar-refractivity contribution in [1.29, 1.82) is 5.26 Å². The molecule has 1 amide bonds. The van der Waals surface area contributed by atoms with E-state index in [-0.39, 0.29) is 23.5 Å². The normalized spacial score (nSPS) is 17.0. The summed E-state index contributed by atoms with van der Waals surface area (Å²) in [5.74, 6) is 1.02. The van der Waals surface area contributed by atoms with Crippen LogP contribution in [0.1, 0.15) is 37.7 Å². The molecule has 0 unspecified atom stereocenters. The van der Waals surface area contributed by atoms with Crippen molar-refractivity contribution in [2.24, 2.45) is 11.3 Å². The summed E-state index contributed by atoms with van der Waals surface area (Å²) in [6.45, 7) is 1.28. The fourth-order valence-electron chi connectivity index (χ4n) is 5.68. The second-order valence-corrected chi connectivity index (χ2v) is 10.6. The number of aromatic nitrogens is 2. The number of carbonyl (C=O) groups excluding carboxylic acids is 1. The quantitative estimate of drug-likeness (QED) is 0.343. The highest BCUT2D eigenvalue weighted by molar-refractivity contribution is 5.89. The van der Waals surface area contributed by atoms with Crippen molar-refractivity contribution in [2.75, 3.05) is 13.1 Å². The lowest BCUT2D eigenvalue weighted by Crippen LogP contribution is -2.43. The summed E-state index contributed by atoms with van der Waals surface area (Å²) >= 11 is 0. The number of aromatic amines is 1. The lowest BCUT2D eigenvalue weighted by Gasteiger charge is -2.37. The molecule has 2 fully saturated rings. The van der Waals surface area contributed by atoms with Gasteiger partial charge in [0.15, 0.2) is 0 Å². The Morgan fingerprint density at radius 1 is 1.11 bits per heavy atom. The minimum Gasteiger partial charge on any atom is -0.507 e.